The fraction of sp³-hybridized carbons (Fsp3) is 0.450. The Morgan fingerprint density at radius 3 is 3.08 bits per heavy atom. The summed E-state index contributed by atoms with van der Waals surface area (Å²) in [5.41, 5.74) is 2.46. The first-order chi connectivity index (χ1) is 12.8. The predicted molar refractivity (Wildman–Crippen MR) is 104 cm³/mol. The molecule has 3 heterocycles. The number of nitrogens with zero attached hydrogens (tertiary/aromatic N) is 2. The SMILES string of the molecule is COc1ccccc1C1CNCCN1CC(=O)N1CCc2sccc2C1. The van der Waals surface area contributed by atoms with E-state index < -0.39 is 0 Å². The maximum Gasteiger partial charge on any atom is 0.237 e. The number of thiophene rings is 1. The summed E-state index contributed by atoms with van der Waals surface area (Å²) in [5.74, 6) is 1.11. The van der Waals surface area contributed by atoms with Crippen molar-refractivity contribution in [3.05, 3.63) is 51.7 Å². The molecule has 0 aliphatic carbocycles. The van der Waals surface area contributed by atoms with Gasteiger partial charge in [-0.3, -0.25) is 9.69 Å². The number of hydrogen-bond acceptors (Lipinski definition) is 5. The maximum absolute atomic E-state index is 13.0. The Bertz CT molecular complexity index is 776. The molecule has 1 aromatic heterocycles. The van der Waals surface area contributed by atoms with Crippen LogP contribution in [-0.2, 0) is 17.8 Å². The molecule has 2 aliphatic heterocycles. The lowest BCUT2D eigenvalue weighted by Gasteiger charge is -2.38. The van der Waals surface area contributed by atoms with Crippen molar-refractivity contribution < 1.29 is 9.53 Å². The van der Waals surface area contributed by atoms with Crippen LogP contribution in [-0.4, -0.2) is 55.5 Å². The second kappa shape index (κ2) is 7.78. The lowest BCUT2D eigenvalue weighted by atomic mass is 10.0. The van der Waals surface area contributed by atoms with Gasteiger partial charge in [0.1, 0.15) is 5.75 Å². The van der Waals surface area contributed by atoms with E-state index in [4.69, 9.17) is 4.74 Å². The Morgan fingerprint density at radius 2 is 2.19 bits per heavy atom. The first-order valence-electron chi connectivity index (χ1n) is 9.17. The highest BCUT2D eigenvalue weighted by Gasteiger charge is 2.30. The molecule has 0 saturated carbocycles. The number of carbonyl (C=O) groups excluding carboxylic acids is 1. The molecule has 1 unspecified atom stereocenters. The van der Waals surface area contributed by atoms with Gasteiger partial charge in [-0.15, -0.1) is 11.3 Å². The monoisotopic (exact) mass is 371 g/mol. The fourth-order valence-corrected chi connectivity index (χ4v) is 4.81. The molecular weight excluding hydrogens is 346 g/mol. The minimum absolute atomic E-state index is 0.158. The molecule has 6 heteroatoms. The summed E-state index contributed by atoms with van der Waals surface area (Å²) >= 11 is 1.81. The van der Waals surface area contributed by atoms with Gasteiger partial charge in [-0.05, 0) is 29.5 Å². The average molecular weight is 372 g/mol. The van der Waals surface area contributed by atoms with Crippen molar-refractivity contribution in [3.8, 4) is 5.75 Å². The van der Waals surface area contributed by atoms with Gasteiger partial charge in [0.15, 0.2) is 0 Å². The van der Waals surface area contributed by atoms with Gasteiger partial charge in [-0.1, -0.05) is 18.2 Å². The molecule has 0 radical (unpaired) electrons. The summed E-state index contributed by atoms with van der Waals surface area (Å²) in [6, 6.07) is 10.4. The van der Waals surface area contributed by atoms with Crippen molar-refractivity contribution in [2.45, 2.75) is 19.0 Å². The van der Waals surface area contributed by atoms with E-state index in [1.807, 2.05) is 23.1 Å². The summed E-state index contributed by atoms with van der Waals surface area (Å²) < 4.78 is 5.55. The molecule has 1 N–H and O–H groups in total. The number of rotatable bonds is 4. The molecule has 1 amide bonds. The average Bonchev–Trinajstić information content (AvgIpc) is 3.16. The van der Waals surface area contributed by atoms with Crippen molar-refractivity contribution >= 4 is 17.2 Å². The van der Waals surface area contributed by atoms with Crippen LogP contribution in [0, 0.1) is 0 Å². The van der Waals surface area contributed by atoms with Crippen LogP contribution >= 0.6 is 11.3 Å². The number of methoxy groups -OCH3 is 1. The van der Waals surface area contributed by atoms with Crippen LogP contribution in [0.2, 0.25) is 0 Å². The van der Waals surface area contributed by atoms with Gasteiger partial charge in [-0.25, -0.2) is 0 Å². The van der Waals surface area contributed by atoms with Crippen LogP contribution in [0.15, 0.2) is 35.7 Å². The summed E-state index contributed by atoms with van der Waals surface area (Å²) in [4.78, 5) is 18.7. The molecule has 0 spiro atoms. The highest BCUT2D eigenvalue weighted by molar-refractivity contribution is 7.10. The van der Waals surface area contributed by atoms with Gasteiger partial charge in [0.25, 0.3) is 0 Å². The zero-order chi connectivity index (χ0) is 17.9. The van der Waals surface area contributed by atoms with E-state index in [2.05, 4.69) is 27.7 Å². The Kier molecular flexibility index (Phi) is 5.24. The van der Waals surface area contributed by atoms with Crippen LogP contribution in [0.1, 0.15) is 22.0 Å². The molecule has 1 atom stereocenters. The van der Waals surface area contributed by atoms with Crippen LogP contribution in [0.4, 0.5) is 0 Å². The standard InChI is InChI=1S/C20H25N3O2S/c1-25-18-5-3-2-4-16(18)17-12-21-8-10-22(17)14-20(24)23-9-6-19-15(13-23)7-11-26-19/h2-5,7,11,17,21H,6,8-10,12-14H2,1H3. The lowest BCUT2D eigenvalue weighted by Crippen LogP contribution is -2.50. The van der Waals surface area contributed by atoms with Crippen LogP contribution in [0.3, 0.4) is 0 Å². The zero-order valence-electron chi connectivity index (χ0n) is 15.1. The van der Waals surface area contributed by atoms with E-state index in [-0.39, 0.29) is 11.9 Å². The minimum atomic E-state index is 0.158. The topological polar surface area (TPSA) is 44.8 Å². The van der Waals surface area contributed by atoms with E-state index in [1.54, 1.807) is 18.4 Å². The van der Waals surface area contributed by atoms with Crippen molar-refractivity contribution in [1.82, 2.24) is 15.1 Å². The van der Waals surface area contributed by atoms with Gasteiger partial charge >= 0.3 is 0 Å². The molecule has 0 bridgehead atoms. The van der Waals surface area contributed by atoms with Gasteiger partial charge < -0.3 is 15.0 Å². The molecule has 4 rings (SSSR count). The van der Waals surface area contributed by atoms with E-state index in [0.29, 0.717) is 6.54 Å². The molecule has 2 aliphatic rings. The normalized spacial score (nSPS) is 20.7. The number of benzene rings is 1. The number of nitrogens with one attached hydrogen (secondary N) is 1. The third-order valence-corrected chi connectivity index (χ3v) is 6.37. The van der Waals surface area contributed by atoms with Gasteiger partial charge in [0.05, 0.1) is 19.7 Å². The van der Waals surface area contributed by atoms with Gasteiger partial charge in [0, 0.05) is 43.2 Å². The molecule has 1 saturated heterocycles. The Morgan fingerprint density at radius 1 is 1.31 bits per heavy atom. The second-order valence-corrected chi connectivity index (χ2v) is 7.87. The summed E-state index contributed by atoms with van der Waals surface area (Å²) in [6.45, 7) is 4.66. The summed E-state index contributed by atoms with van der Waals surface area (Å²) in [7, 11) is 1.71. The van der Waals surface area contributed by atoms with E-state index in [9.17, 15) is 4.79 Å². The fourth-order valence-electron chi connectivity index (χ4n) is 3.92. The molecule has 138 valence electrons. The third kappa shape index (κ3) is 3.49. The molecule has 5 nitrogen and oxygen atoms in total. The summed E-state index contributed by atoms with van der Waals surface area (Å²) in [5, 5.41) is 5.59. The Labute approximate surface area is 158 Å². The molecule has 26 heavy (non-hydrogen) atoms. The number of para-hydroxylation sites is 1. The summed E-state index contributed by atoms with van der Waals surface area (Å²) in [6.07, 6.45) is 0.982. The van der Waals surface area contributed by atoms with Crippen molar-refractivity contribution in [2.75, 3.05) is 39.8 Å². The highest BCUT2D eigenvalue weighted by Crippen LogP contribution is 2.30. The molecular formula is C20H25N3O2S. The number of hydrogen-bond donors (Lipinski definition) is 1. The van der Waals surface area contributed by atoms with Crippen LogP contribution < -0.4 is 10.1 Å². The number of amides is 1. The quantitative estimate of drug-likeness (QED) is 0.896. The first kappa shape index (κ1) is 17.5. The molecule has 1 aromatic carbocycles. The number of ether oxygens (including phenoxy) is 1. The smallest absolute Gasteiger partial charge is 0.237 e. The second-order valence-electron chi connectivity index (χ2n) is 6.87. The maximum atomic E-state index is 13.0. The van der Waals surface area contributed by atoms with Gasteiger partial charge in [0.2, 0.25) is 5.91 Å². The largest absolute Gasteiger partial charge is 0.496 e. The van der Waals surface area contributed by atoms with Gasteiger partial charge in [-0.2, -0.15) is 0 Å². The molecule has 2 aromatic rings. The first-order valence-corrected chi connectivity index (χ1v) is 10.0. The highest BCUT2D eigenvalue weighted by atomic mass is 32.1. The van der Waals surface area contributed by atoms with Crippen LogP contribution in [0.25, 0.3) is 0 Å². The van der Waals surface area contributed by atoms with E-state index >= 15 is 0 Å². The number of fused-ring (bicyclic) bond motifs is 1. The van der Waals surface area contributed by atoms with E-state index in [1.165, 1.54) is 10.4 Å². The van der Waals surface area contributed by atoms with Crippen LogP contribution in [0.5, 0.6) is 5.75 Å². The lowest BCUT2D eigenvalue weighted by molar-refractivity contribution is -0.134. The van der Waals surface area contributed by atoms with Crippen molar-refractivity contribution in [3.63, 3.8) is 0 Å². The van der Waals surface area contributed by atoms with E-state index in [0.717, 1.165) is 50.5 Å². The zero-order valence-corrected chi connectivity index (χ0v) is 15.9. The van der Waals surface area contributed by atoms with Crippen molar-refractivity contribution in [2.24, 2.45) is 0 Å². The van der Waals surface area contributed by atoms with Crippen molar-refractivity contribution in [1.29, 1.82) is 0 Å². The minimum Gasteiger partial charge on any atom is -0.496 e. The Hall–Kier alpha value is -1.89. The number of carbonyl (C=O) groups is 1. The Balaban J connectivity index is 1.48. The number of piperazine rings is 1. The predicted octanol–water partition coefficient (Wildman–Crippen LogP) is 2.29. The third-order valence-electron chi connectivity index (χ3n) is 5.35. The molecule has 1 fully saturated rings.